The molecule has 1 amide bonds. The highest BCUT2D eigenvalue weighted by Gasteiger charge is 2.31. The summed E-state index contributed by atoms with van der Waals surface area (Å²) in [6.45, 7) is 2.54. The fourth-order valence-electron chi connectivity index (χ4n) is 3.07. The maximum atomic E-state index is 12.7. The topological polar surface area (TPSA) is 78.8 Å². The number of halogens is 1. The van der Waals surface area contributed by atoms with Gasteiger partial charge in [-0.05, 0) is 49.6 Å². The maximum absolute atomic E-state index is 12.7. The summed E-state index contributed by atoms with van der Waals surface area (Å²) in [7, 11) is -3.53. The van der Waals surface area contributed by atoms with Crippen molar-refractivity contribution in [1.29, 1.82) is 0 Å². The molecule has 0 aromatic heterocycles. The molecule has 0 saturated carbocycles. The molecular weight excluding hydrogens is 398 g/mol. The van der Waals surface area contributed by atoms with Crippen LogP contribution >= 0.6 is 11.6 Å². The summed E-state index contributed by atoms with van der Waals surface area (Å²) in [5.41, 5.74) is 4.32. The van der Waals surface area contributed by atoms with Crippen molar-refractivity contribution in [1.82, 2.24) is 9.73 Å². The van der Waals surface area contributed by atoms with E-state index in [9.17, 15) is 13.2 Å². The number of rotatable bonds is 5. The number of hydrazone groups is 1. The summed E-state index contributed by atoms with van der Waals surface area (Å²) in [5.74, 6) is -0.466. The Hall–Kier alpha value is -2.22. The molecule has 0 radical (unpaired) electrons. The van der Waals surface area contributed by atoms with Crippen LogP contribution in [0.1, 0.15) is 24.0 Å². The van der Waals surface area contributed by atoms with Crippen LogP contribution in [0.15, 0.2) is 58.5 Å². The maximum Gasteiger partial charge on any atom is 0.243 e. The van der Waals surface area contributed by atoms with E-state index in [4.69, 9.17) is 11.6 Å². The lowest BCUT2D eigenvalue weighted by Gasteiger charge is -2.30. The van der Waals surface area contributed by atoms with Gasteiger partial charge in [0.05, 0.1) is 11.1 Å². The molecule has 1 aliphatic rings. The average Bonchev–Trinajstić information content (AvgIpc) is 2.68. The summed E-state index contributed by atoms with van der Waals surface area (Å²) in [6, 6.07) is 13.9. The van der Waals surface area contributed by atoms with Crippen molar-refractivity contribution in [3.8, 4) is 0 Å². The molecule has 6 nitrogen and oxygen atoms in total. The molecule has 0 bridgehead atoms. The highest BCUT2D eigenvalue weighted by atomic mass is 35.5. The van der Waals surface area contributed by atoms with Crippen LogP contribution in [-0.2, 0) is 14.8 Å². The third kappa shape index (κ3) is 4.98. The molecule has 1 saturated heterocycles. The Morgan fingerprint density at radius 2 is 1.86 bits per heavy atom. The number of amides is 1. The second-order valence-corrected chi connectivity index (χ2v) is 9.16. The SMILES string of the molecule is Cc1ccc(S(=O)(=O)N2CCC(C(=O)N/N=C\c3cccc(Cl)c3)CC2)cc1. The normalized spacial score (nSPS) is 16.4. The number of carbonyl (C=O) groups is 1. The van der Waals surface area contributed by atoms with E-state index in [1.165, 1.54) is 10.5 Å². The van der Waals surface area contributed by atoms with Gasteiger partial charge in [-0.25, -0.2) is 13.8 Å². The number of benzene rings is 2. The molecule has 0 aliphatic carbocycles. The number of piperidine rings is 1. The van der Waals surface area contributed by atoms with Gasteiger partial charge in [0.15, 0.2) is 0 Å². The van der Waals surface area contributed by atoms with Crippen molar-refractivity contribution in [2.24, 2.45) is 11.0 Å². The molecule has 3 rings (SSSR count). The lowest BCUT2D eigenvalue weighted by molar-refractivity contribution is -0.126. The average molecular weight is 420 g/mol. The summed E-state index contributed by atoms with van der Waals surface area (Å²) in [4.78, 5) is 12.6. The van der Waals surface area contributed by atoms with Gasteiger partial charge in [-0.15, -0.1) is 0 Å². The predicted molar refractivity (Wildman–Crippen MR) is 110 cm³/mol. The Kier molecular flexibility index (Phi) is 6.49. The van der Waals surface area contributed by atoms with Crippen molar-refractivity contribution < 1.29 is 13.2 Å². The van der Waals surface area contributed by atoms with Crippen LogP contribution in [0.3, 0.4) is 0 Å². The van der Waals surface area contributed by atoms with Gasteiger partial charge < -0.3 is 0 Å². The Bertz CT molecular complexity index is 966. The third-order valence-corrected chi connectivity index (χ3v) is 6.87. The van der Waals surface area contributed by atoms with E-state index in [0.29, 0.717) is 31.0 Å². The zero-order chi connectivity index (χ0) is 20.1. The monoisotopic (exact) mass is 419 g/mol. The molecule has 1 heterocycles. The molecule has 0 spiro atoms. The van der Waals surface area contributed by atoms with Crippen molar-refractivity contribution in [3.05, 3.63) is 64.7 Å². The van der Waals surface area contributed by atoms with E-state index >= 15 is 0 Å². The number of nitrogens with one attached hydrogen (secondary N) is 1. The first-order valence-electron chi connectivity index (χ1n) is 9.01. The fourth-order valence-corrected chi connectivity index (χ4v) is 4.73. The van der Waals surface area contributed by atoms with E-state index in [0.717, 1.165) is 11.1 Å². The summed E-state index contributed by atoms with van der Waals surface area (Å²) < 4.78 is 26.9. The number of hydrogen-bond donors (Lipinski definition) is 1. The van der Waals surface area contributed by atoms with Gasteiger partial charge in [-0.3, -0.25) is 4.79 Å². The second-order valence-electron chi connectivity index (χ2n) is 6.78. The Morgan fingerprint density at radius 3 is 2.50 bits per heavy atom. The molecule has 0 atom stereocenters. The lowest BCUT2D eigenvalue weighted by Crippen LogP contribution is -2.42. The Balaban J connectivity index is 1.54. The van der Waals surface area contributed by atoms with Crippen molar-refractivity contribution in [2.45, 2.75) is 24.7 Å². The third-order valence-electron chi connectivity index (χ3n) is 4.72. The van der Waals surface area contributed by atoms with E-state index in [2.05, 4.69) is 10.5 Å². The number of aryl methyl sites for hydroxylation is 1. The number of hydrogen-bond acceptors (Lipinski definition) is 4. The molecule has 1 fully saturated rings. The Morgan fingerprint density at radius 1 is 1.18 bits per heavy atom. The molecule has 8 heteroatoms. The first kappa shape index (κ1) is 20.5. The first-order valence-corrected chi connectivity index (χ1v) is 10.8. The summed E-state index contributed by atoms with van der Waals surface area (Å²) in [6.07, 6.45) is 2.45. The van der Waals surface area contributed by atoms with E-state index in [1.807, 2.05) is 13.0 Å². The highest BCUT2D eigenvalue weighted by molar-refractivity contribution is 7.89. The number of sulfonamides is 1. The van der Waals surface area contributed by atoms with Crippen molar-refractivity contribution in [3.63, 3.8) is 0 Å². The lowest BCUT2D eigenvalue weighted by atomic mass is 9.98. The molecule has 148 valence electrons. The standard InChI is InChI=1S/C20H22ClN3O3S/c1-15-5-7-19(8-6-15)28(26,27)24-11-9-17(10-12-24)20(25)23-22-14-16-3-2-4-18(21)13-16/h2-8,13-14,17H,9-12H2,1H3,(H,23,25)/b22-14-. The van der Waals surface area contributed by atoms with E-state index in [1.54, 1.807) is 42.5 Å². The fraction of sp³-hybridized carbons (Fsp3) is 0.300. The number of nitrogens with zero attached hydrogens (tertiary/aromatic N) is 2. The molecular formula is C20H22ClN3O3S. The van der Waals surface area contributed by atoms with Gasteiger partial charge in [0.25, 0.3) is 0 Å². The summed E-state index contributed by atoms with van der Waals surface area (Å²) >= 11 is 5.91. The minimum atomic E-state index is -3.53. The van der Waals surface area contributed by atoms with Crippen LogP contribution in [0, 0.1) is 12.8 Å². The smallest absolute Gasteiger partial charge is 0.243 e. The Labute approximate surface area is 170 Å². The van der Waals surface area contributed by atoms with Crippen LogP contribution in [-0.4, -0.2) is 37.9 Å². The van der Waals surface area contributed by atoms with Gasteiger partial charge >= 0.3 is 0 Å². The van der Waals surface area contributed by atoms with E-state index in [-0.39, 0.29) is 16.7 Å². The molecule has 0 unspecified atom stereocenters. The minimum Gasteiger partial charge on any atom is -0.273 e. The highest BCUT2D eigenvalue weighted by Crippen LogP contribution is 2.24. The zero-order valence-electron chi connectivity index (χ0n) is 15.5. The van der Waals surface area contributed by atoms with Crippen LogP contribution in [0.5, 0.6) is 0 Å². The first-order chi connectivity index (χ1) is 13.4. The van der Waals surface area contributed by atoms with E-state index < -0.39 is 10.0 Å². The number of carbonyl (C=O) groups excluding carboxylic acids is 1. The predicted octanol–water partition coefficient (Wildman–Crippen LogP) is 3.20. The molecule has 1 N–H and O–H groups in total. The molecule has 2 aromatic carbocycles. The van der Waals surface area contributed by atoms with Crippen LogP contribution < -0.4 is 5.43 Å². The molecule has 2 aromatic rings. The quantitative estimate of drug-likeness (QED) is 0.597. The zero-order valence-corrected chi connectivity index (χ0v) is 17.1. The van der Waals surface area contributed by atoms with Crippen molar-refractivity contribution >= 4 is 33.7 Å². The van der Waals surface area contributed by atoms with Gasteiger partial charge in [0, 0.05) is 24.0 Å². The van der Waals surface area contributed by atoms with Crippen LogP contribution in [0.4, 0.5) is 0 Å². The largest absolute Gasteiger partial charge is 0.273 e. The van der Waals surface area contributed by atoms with Gasteiger partial charge in [0.1, 0.15) is 0 Å². The molecule has 1 aliphatic heterocycles. The molecule has 28 heavy (non-hydrogen) atoms. The second kappa shape index (κ2) is 8.86. The van der Waals surface area contributed by atoms with Gasteiger partial charge in [-0.1, -0.05) is 41.4 Å². The van der Waals surface area contributed by atoms with Gasteiger partial charge in [0.2, 0.25) is 15.9 Å². The van der Waals surface area contributed by atoms with Crippen LogP contribution in [0.2, 0.25) is 5.02 Å². The van der Waals surface area contributed by atoms with Crippen molar-refractivity contribution in [2.75, 3.05) is 13.1 Å². The minimum absolute atomic E-state index is 0.203. The van der Waals surface area contributed by atoms with Gasteiger partial charge in [-0.2, -0.15) is 9.41 Å². The van der Waals surface area contributed by atoms with Crippen LogP contribution in [0.25, 0.3) is 0 Å². The summed E-state index contributed by atoms with van der Waals surface area (Å²) in [5, 5.41) is 4.56.